The minimum absolute atomic E-state index is 0.161. The maximum Gasteiger partial charge on any atom is 0.339 e. The molecule has 0 amide bonds. The third-order valence-electron chi connectivity index (χ3n) is 5.29. The number of carbonyl (C=O) groups excluding carboxylic acids is 2. The van der Waals surface area contributed by atoms with Gasteiger partial charge in [-0.05, 0) is 86.3 Å². The Kier molecular flexibility index (Phi) is 4.70. The van der Waals surface area contributed by atoms with Crippen LogP contribution in [0, 0.1) is 34.4 Å². The molecule has 4 rings (SSSR count). The largest absolute Gasteiger partial charge is 0.481 e. The molecule has 6 unspecified atom stereocenters. The highest BCUT2D eigenvalue weighted by Gasteiger charge is 2.70. The van der Waals surface area contributed by atoms with Crippen molar-refractivity contribution < 1.29 is 29.0 Å². The Morgan fingerprint density at radius 2 is 1.92 bits per heavy atom. The summed E-state index contributed by atoms with van der Waals surface area (Å²) in [6.45, 7) is 0. The first-order valence-electron chi connectivity index (χ1n) is 7.58. The van der Waals surface area contributed by atoms with Crippen LogP contribution in [-0.4, -0.2) is 35.2 Å². The fraction of sp³-hybridized carbons (Fsp3) is 0.438. The Morgan fingerprint density at radius 3 is 2.60 bits per heavy atom. The monoisotopic (exact) mass is 680 g/mol. The molecule has 1 aromatic rings. The lowest BCUT2D eigenvalue weighted by molar-refractivity contribution is -0.151. The Labute approximate surface area is 183 Å². The van der Waals surface area contributed by atoms with Gasteiger partial charge >= 0.3 is 17.9 Å². The van der Waals surface area contributed by atoms with Gasteiger partial charge in [0.25, 0.3) is 0 Å². The Hall–Kier alpha value is -0.180. The molecule has 6 nitrogen and oxygen atoms in total. The first-order chi connectivity index (χ1) is 11.8. The van der Waals surface area contributed by atoms with Crippen LogP contribution in [0.25, 0.3) is 0 Å². The molecule has 2 saturated carbocycles. The lowest BCUT2D eigenvalue weighted by Crippen LogP contribution is -2.43. The summed E-state index contributed by atoms with van der Waals surface area (Å²) in [4.78, 5) is 36.4. The van der Waals surface area contributed by atoms with Crippen molar-refractivity contribution in [2.45, 2.75) is 18.6 Å². The molecule has 132 valence electrons. The Bertz CT molecular complexity index is 809. The first-order valence-corrected chi connectivity index (χ1v) is 10.8. The predicted octanol–water partition coefficient (Wildman–Crippen LogP) is 2.92. The van der Waals surface area contributed by atoms with Crippen molar-refractivity contribution in [1.82, 2.24) is 0 Å². The van der Waals surface area contributed by atoms with E-state index in [1.165, 1.54) is 0 Å². The van der Waals surface area contributed by atoms with Crippen LogP contribution in [0.3, 0.4) is 0 Å². The highest BCUT2D eigenvalue weighted by Crippen LogP contribution is 2.58. The average molecular weight is 680 g/mol. The first kappa shape index (κ1) is 18.2. The van der Waals surface area contributed by atoms with Gasteiger partial charge in [-0.3, -0.25) is 9.59 Å². The van der Waals surface area contributed by atoms with E-state index >= 15 is 0 Å². The van der Waals surface area contributed by atoms with Crippen LogP contribution in [0.4, 0.5) is 0 Å². The van der Waals surface area contributed by atoms with E-state index in [0.717, 1.165) is 10.7 Å². The van der Waals surface area contributed by atoms with Gasteiger partial charge in [-0.1, -0.05) is 0 Å². The zero-order chi connectivity index (χ0) is 18.0. The molecule has 0 aromatic heterocycles. The number of aliphatic carboxylic acids is 1. The lowest BCUT2D eigenvalue weighted by atomic mass is 9.78. The third-order valence-corrected chi connectivity index (χ3v) is 8.95. The average Bonchev–Trinajstić information content (AvgIpc) is 3.13. The molecule has 1 saturated heterocycles. The van der Waals surface area contributed by atoms with E-state index in [1.807, 2.05) is 6.07 Å². The number of fused-ring (bicyclic) bond motifs is 1. The van der Waals surface area contributed by atoms with E-state index in [9.17, 15) is 19.5 Å². The van der Waals surface area contributed by atoms with Gasteiger partial charge in [-0.15, -0.1) is 0 Å². The van der Waals surface area contributed by atoms with Gasteiger partial charge in [0.1, 0.15) is 12.2 Å². The van der Waals surface area contributed by atoms with Gasteiger partial charge in [0.05, 0.1) is 17.4 Å². The molecule has 9 heteroatoms. The number of rotatable bonds is 3. The molecule has 2 bridgehead atoms. The van der Waals surface area contributed by atoms with Gasteiger partial charge in [0.15, 0.2) is 0 Å². The van der Waals surface area contributed by atoms with E-state index in [0.29, 0.717) is 12.0 Å². The standard InChI is InChI=1S/C16H11I3O6/c17-4-1-7(11(19)8(18)2-4)15(22)24-12-5-3-6-10(9(5)14(20)21)16(23)25-13(6)12/h1-2,5-6,9-10,12-13H,3H2,(H,20,21). The minimum atomic E-state index is -1.02. The number of carboxylic acids is 1. The molecule has 0 spiro atoms. The zero-order valence-corrected chi connectivity index (χ0v) is 18.9. The summed E-state index contributed by atoms with van der Waals surface area (Å²) in [6.07, 6.45) is -0.647. The zero-order valence-electron chi connectivity index (χ0n) is 12.4. The van der Waals surface area contributed by atoms with Crippen LogP contribution >= 0.6 is 67.8 Å². The number of carbonyl (C=O) groups is 3. The van der Waals surface area contributed by atoms with E-state index in [-0.39, 0.29) is 11.8 Å². The lowest BCUT2D eigenvalue weighted by Gasteiger charge is -2.29. The quantitative estimate of drug-likeness (QED) is 0.301. The molecule has 0 radical (unpaired) electrons. The van der Waals surface area contributed by atoms with Gasteiger partial charge in [0.2, 0.25) is 0 Å². The smallest absolute Gasteiger partial charge is 0.339 e. The van der Waals surface area contributed by atoms with Crippen LogP contribution in [0.15, 0.2) is 12.1 Å². The molecule has 3 aliphatic rings. The number of esters is 2. The third kappa shape index (κ3) is 2.78. The fourth-order valence-electron chi connectivity index (χ4n) is 4.38. The number of hydrogen-bond donors (Lipinski definition) is 1. The molecule has 1 aromatic carbocycles. The number of carboxylic acid groups (broad SMARTS) is 1. The Morgan fingerprint density at radius 1 is 1.20 bits per heavy atom. The molecular formula is C16H11I3O6. The van der Waals surface area contributed by atoms with Crippen molar-refractivity contribution in [3.05, 3.63) is 28.4 Å². The fourth-order valence-corrected chi connectivity index (χ4v) is 6.75. The summed E-state index contributed by atoms with van der Waals surface area (Å²) in [5.41, 5.74) is 0.451. The number of benzene rings is 1. The van der Waals surface area contributed by atoms with Crippen molar-refractivity contribution in [3.63, 3.8) is 0 Å². The minimum Gasteiger partial charge on any atom is -0.481 e. The summed E-state index contributed by atoms with van der Waals surface area (Å²) in [6, 6.07) is 3.71. The van der Waals surface area contributed by atoms with Gasteiger partial charge < -0.3 is 14.6 Å². The predicted molar refractivity (Wildman–Crippen MR) is 110 cm³/mol. The van der Waals surface area contributed by atoms with Crippen LogP contribution in [0.5, 0.6) is 0 Å². The number of ether oxygens (including phenoxy) is 2. The van der Waals surface area contributed by atoms with Crippen LogP contribution in [0.2, 0.25) is 0 Å². The molecule has 1 heterocycles. The summed E-state index contributed by atoms with van der Waals surface area (Å²) in [5.74, 6) is -3.94. The van der Waals surface area contributed by atoms with Crippen molar-refractivity contribution in [3.8, 4) is 0 Å². The summed E-state index contributed by atoms with van der Waals surface area (Å²) >= 11 is 6.39. The van der Waals surface area contributed by atoms with Gasteiger partial charge in [-0.2, -0.15) is 0 Å². The van der Waals surface area contributed by atoms with Crippen molar-refractivity contribution in [2.24, 2.45) is 23.7 Å². The van der Waals surface area contributed by atoms with Gasteiger partial charge in [-0.25, -0.2) is 4.79 Å². The number of halogens is 3. The summed E-state index contributed by atoms with van der Waals surface area (Å²) in [5, 5.41) is 9.51. The van der Waals surface area contributed by atoms with E-state index < -0.39 is 42.0 Å². The van der Waals surface area contributed by atoms with Crippen molar-refractivity contribution in [2.75, 3.05) is 0 Å². The second kappa shape index (κ2) is 6.46. The maximum atomic E-state index is 12.7. The highest BCUT2D eigenvalue weighted by molar-refractivity contribution is 14.1. The maximum absolute atomic E-state index is 12.7. The highest BCUT2D eigenvalue weighted by atomic mass is 127. The van der Waals surface area contributed by atoms with Crippen LogP contribution < -0.4 is 0 Å². The van der Waals surface area contributed by atoms with E-state index in [2.05, 4.69) is 67.8 Å². The second-order valence-corrected chi connectivity index (χ2v) is 9.96. The second-order valence-electron chi connectivity index (χ2n) is 6.47. The molecule has 2 aliphatic carbocycles. The molecule has 6 atom stereocenters. The molecule has 3 fully saturated rings. The van der Waals surface area contributed by atoms with Crippen molar-refractivity contribution >= 4 is 85.7 Å². The molecule has 1 aliphatic heterocycles. The van der Waals surface area contributed by atoms with E-state index in [4.69, 9.17) is 9.47 Å². The SMILES string of the molecule is O=C(OC1C2CC3C1OC(=O)C3C2C(=O)O)c1cc(I)cc(I)c1I. The topological polar surface area (TPSA) is 89.9 Å². The summed E-state index contributed by atoms with van der Waals surface area (Å²) < 4.78 is 13.7. The molecular weight excluding hydrogens is 669 g/mol. The normalized spacial score (nSPS) is 34.9. The van der Waals surface area contributed by atoms with Crippen molar-refractivity contribution in [1.29, 1.82) is 0 Å². The van der Waals surface area contributed by atoms with Gasteiger partial charge in [0, 0.05) is 22.5 Å². The number of hydrogen-bond acceptors (Lipinski definition) is 5. The van der Waals surface area contributed by atoms with E-state index in [1.54, 1.807) is 6.07 Å². The molecule has 1 N–H and O–H groups in total. The molecule has 25 heavy (non-hydrogen) atoms. The van der Waals surface area contributed by atoms with Crippen LogP contribution in [-0.2, 0) is 19.1 Å². The Balaban J connectivity index is 1.63. The van der Waals surface area contributed by atoms with Crippen LogP contribution in [0.1, 0.15) is 16.8 Å². The summed E-state index contributed by atoms with van der Waals surface area (Å²) in [7, 11) is 0.